The lowest BCUT2D eigenvalue weighted by molar-refractivity contribution is -0.141. The van der Waals surface area contributed by atoms with Crippen LogP contribution in [0.25, 0.3) is 22.2 Å². The highest BCUT2D eigenvalue weighted by Gasteiger charge is 2.32. The molecule has 0 aliphatic carbocycles. The number of aliphatic hydroxyl groups excluding tert-OH is 1. The molecule has 0 unspecified atom stereocenters. The first kappa shape index (κ1) is 18.8. The van der Waals surface area contributed by atoms with Gasteiger partial charge < -0.3 is 10.4 Å². The molecule has 1 aliphatic rings. The summed E-state index contributed by atoms with van der Waals surface area (Å²) in [6.45, 7) is 0.780. The Kier molecular flexibility index (Phi) is 5.03. The zero-order chi connectivity index (χ0) is 19.7. The highest BCUT2D eigenvalue weighted by Crippen LogP contribution is 2.34. The predicted molar refractivity (Wildman–Crippen MR) is 100 cm³/mol. The van der Waals surface area contributed by atoms with Gasteiger partial charge in [-0.25, -0.2) is 4.98 Å². The molecule has 28 heavy (non-hydrogen) atoms. The Balaban J connectivity index is 1.79. The van der Waals surface area contributed by atoms with Crippen molar-refractivity contribution in [2.75, 3.05) is 6.54 Å². The van der Waals surface area contributed by atoms with Gasteiger partial charge in [0, 0.05) is 23.2 Å². The number of nitrogens with one attached hydrogen (secondary N) is 1. The van der Waals surface area contributed by atoms with Crippen LogP contribution >= 0.6 is 0 Å². The first-order valence-electron chi connectivity index (χ1n) is 9.28. The fourth-order valence-electron chi connectivity index (χ4n) is 3.79. The van der Waals surface area contributed by atoms with Crippen molar-refractivity contribution < 1.29 is 18.3 Å². The number of halogens is 3. The molecular weight excluding hydrogens is 367 g/mol. The van der Waals surface area contributed by atoms with Gasteiger partial charge in [0.2, 0.25) is 0 Å². The topological polar surface area (TPSA) is 58.0 Å². The molecule has 2 aromatic heterocycles. The summed E-state index contributed by atoms with van der Waals surface area (Å²) >= 11 is 0. The number of aliphatic hydroxyl groups is 1. The second kappa shape index (κ2) is 7.48. The van der Waals surface area contributed by atoms with Gasteiger partial charge in [-0.05, 0) is 54.8 Å². The SMILES string of the molecule is OCc1cc(-c2ccc(C(F)(F)F)nc2)nc2cccc([C@H]3CCCCN3)c12. The fraction of sp³-hybridized carbons (Fsp3) is 0.333. The number of alkyl halides is 3. The molecule has 0 bridgehead atoms. The number of benzene rings is 1. The molecule has 1 aromatic carbocycles. The van der Waals surface area contributed by atoms with Gasteiger partial charge in [0.05, 0.1) is 17.8 Å². The molecule has 1 atom stereocenters. The third kappa shape index (κ3) is 3.59. The minimum Gasteiger partial charge on any atom is -0.392 e. The third-order valence-electron chi connectivity index (χ3n) is 5.15. The third-order valence-corrected chi connectivity index (χ3v) is 5.15. The van der Waals surface area contributed by atoms with Gasteiger partial charge in [0.25, 0.3) is 0 Å². The lowest BCUT2D eigenvalue weighted by Gasteiger charge is -2.25. The standard InChI is InChI=1S/C21H20F3N3O/c22-21(23,24)19-8-7-13(11-26-19)18-10-14(12-28)20-15(4-3-6-17(20)27-18)16-5-1-2-9-25-16/h3-4,6-8,10-11,16,25,28H,1-2,5,9,12H2/t16-/m1/s1. The van der Waals surface area contributed by atoms with E-state index in [0.29, 0.717) is 22.3 Å². The van der Waals surface area contributed by atoms with E-state index in [0.717, 1.165) is 42.8 Å². The molecule has 4 nitrogen and oxygen atoms in total. The molecule has 0 spiro atoms. The molecule has 3 heterocycles. The van der Waals surface area contributed by atoms with Crippen LogP contribution in [-0.4, -0.2) is 21.6 Å². The van der Waals surface area contributed by atoms with Crippen molar-refractivity contribution in [2.45, 2.75) is 38.1 Å². The Labute approximate surface area is 160 Å². The van der Waals surface area contributed by atoms with Crippen LogP contribution in [0.3, 0.4) is 0 Å². The van der Waals surface area contributed by atoms with Crippen molar-refractivity contribution >= 4 is 10.9 Å². The highest BCUT2D eigenvalue weighted by molar-refractivity contribution is 5.88. The first-order chi connectivity index (χ1) is 13.5. The molecule has 0 saturated carbocycles. The minimum absolute atomic E-state index is 0.177. The van der Waals surface area contributed by atoms with Gasteiger partial charge in [0.15, 0.2) is 0 Å². The van der Waals surface area contributed by atoms with Crippen molar-refractivity contribution in [3.63, 3.8) is 0 Å². The van der Waals surface area contributed by atoms with Crippen molar-refractivity contribution in [1.82, 2.24) is 15.3 Å². The van der Waals surface area contributed by atoms with Crippen molar-refractivity contribution in [3.05, 3.63) is 59.4 Å². The van der Waals surface area contributed by atoms with Crippen LogP contribution < -0.4 is 5.32 Å². The summed E-state index contributed by atoms with van der Waals surface area (Å²) in [5, 5.41) is 14.4. The van der Waals surface area contributed by atoms with Crippen molar-refractivity contribution in [3.8, 4) is 11.3 Å². The van der Waals surface area contributed by atoms with Crippen LogP contribution in [0.4, 0.5) is 13.2 Å². The summed E-state index contributed by atoms with van der Waals surface area (Å²) in [5.41, 5.74) is 2.56. The summed E-state index contributed by atoms with van der Waals surface area (Å²) in [7, 11) is 0. The molecule has 2 N–H and O–H groups in total. The molecule has 1 fully saturated rings. The van der Waals surface area contributed by atoms with E-state index >= 15 is 0 Å². The summed E-state index contributed by atoms with van der Waals surface area (Å²) in [5.74, 6) is 0. The van der Waals surface area contributed by atoms with Gasteiger partial charge >= 0.3 is 6.18 Å². The smallest absolute Gasteiger partial charge is 0.392 e. The zero-order valence-electron chi connectivity index (χ0n) is 15.1. The van der Waals surface area contributed by atoms with E-state index in [2.05, 4.69) is 15.3 Å². The van der Waals surface area contributed by atoms with Crippen LogP contribution in [0.15, 0.2) is 42.6 Å². The van der Waals surface area contributed by atoms with E-state index in [-0.39, 0.29) is 12.6 Å². The zero-order valence-corrected chi connectivity index (χ0v) is 15.1. The molecule has 0 amide bonds. The minimum atomic E-state index is -4.48. The van der Waals surface area contributed by atoms with Gasteiger partial charge in [-0.15, -0.1) is 0 Å². The van der Waals surface area contributed by atoms with Gasteiger partial charge in [-0.3, -0.25) is 4.98 Å². The summed E-state index contributed by atoms with van der Waals surface area (Å²) < 4.78 is 38.3. The Morgan fingerprint density at radius 1 is 1.14 bits per heavy atom. The molecule has 7 heteroatoms. The van der Waals surface area contributed by atoms with E-state index in [1.54, 1.807) is 6.07 Å². The van der Waals surface area contributed by atoms with Crippen LogP contribution in [0, 0.1) is 0 Å². The first-order valence-corrected chi connectivity index (χ1v) is 9.28. The summed E-state index contributed by atoms with van der Waals surface area (Å²) in [6.07, 6.45) is 0.00936. The van der Waals surface area contributed by atoms with Crippen molar-refractivity contribution in [1.29, 1.82) is 0 Å². The highest BCUT2D eigenvalue weighted by atomic mass is 19.4. The quantitative estimate of drug-likeness (QED) is 0.688. The number of hydrogen-bond acceptors (Lipinski definition) is 4. The summed E-state index contributed by atoms with van der Waals surface area (Å²) in [6, 6.07) is 10.1. The van der Waals surface area contributed by atoms with Crippen LogP contribution in [0.5, 0.6) is 0 Å². The number of fused-ring (bicyclic) bond motifs is 1. The largest absolute Gasteiger partial charge is 0.433 e. The number of rotatable bonds is 3. The van der Waals surface area contributed by atoms with Crippen LogP contribution in [0.1, 0.15) is 42.1 Å². The molecule has 1 saturated heterocycles. The van der Waals surface area contributed by atoms with Crippen LogP contribution in [-0.2, 0) is 12.8 Å². The maximum absolute atomic E-state index is 12.8. The molecule has 146 valence electrons. The Morgan fingerprint density at radius 2 is 2.00 bits per heavy atom. The fourth-order valence-corrected chi connectivity index (χ4v) is 3.79. The Bertz CT molecular complexity index is 981. The number of aromatic nitrogens is 2. The van der Waals surface area contributed by atoms with E-state index in [9.17, 15) is 18.3 Å². The number of nitrogens with zero attached hydrogens (tertiary/aromatic N) is 2. The van der Waals surface area contributed by atoms with E-state index in [1.807, 2.05) is 18.2 Å². The number of hydrogen-bond donors (Lipinski definition) is 2. The molecule has 0 radical (unpaired) electrons. The van der Waals surface area contributed by atoms with Gasteiger partial charge in [-0.1, -0.05) is 18.6 Å². The molecule has 4 rings (SSSR count). The van der Waals surface area contributed by atoms with E-state index < -0.39 is 11.9 Å². The van der Waals surface area contributed by atoms with Gasteiger partial charge in [-0.2, -0.15) is 13.2 Å². The van der Waals surface area contributed by atoms with Crippen molar-refractivity contribution in [2.24, 2.45) is 0 Å². The van der Waals surface area contributed by atoms with E-state index in [1.165, 1.54) is 12.3 Å². The second-order valence-electron chi connectivity index (χ2n) is 7.00. The molecular formula is C21H20F3N3O. The maximum Gasteiger partial charge on any atom is 0.433 e. The maximum atomic E-state index is 12.8. The monoisotopic (exact) mass is 387 g/mol. The van der Waals surface area contributed by atoms with Gasteiger partial charge in [0.1, 0.15) is 5.69 Å². The summed E-state index contributed by atoms with van der Waals surface area (Å²) in [4.78, 5) is 8.16. The Morgan fingerprint density at radius 3 is 2.64 bits per heavy atom. The lowest BCUT2D eigenvalue weighted by atomic mass is 9.92. The Hall–Kier alpha value is -2.51. The average Bonchev–Trinajstić information content (AvgIpc) is 2.72. The average molecular weight is 387 g/mol. The predicted octanol–water partition coefficient (Wildman–Crippen LogP) is 4.62. The normalized spacial score (nSPS) is 17.8. The lowest BCUT2D eigenvalue weighted by Crippen LogP contribution is -2.27. The second-order valence-corrected chi connectivity index (χ2v) is 7.00. The molecule has 1 aliphatic heterocycles. The number of pyridine rings is 2. The molecule has 3 aromatic rings. The number of piperidine rings is 1. The van der Waals surface area contributed by atoms with E-state index in [4.69, 9.17) is 0 Å². The van der Waals surface area contributed by atoms with Crippen LogP contribution in [0.2, 0.25) is 0 Å².